The molecule has 7 heteroatoms. The van der Waals surface area contributed by atoms with Crippen molar-refractivity contribution in [3.63, 3.8) is 0 Å². The molecule has 3 aromatic rings. The lowest BCUT2D eigenvalue weighted by Crippen LogP contribution is -2.30. The van der Waals surface area contributed by atoms with E-state index in [1.165, 1.54) is 0 Å². The number of benzene rings is 1. The first kappa shape index (κ1) is 17.7. The molecule has 1 atom stereocenters. The standard InChI is InChI=1S/C20H21N3O3S/c1-25-16-5-2-4-14(12-16)17-6-3-10-23(17)19(24)8-7-18-21-22-20(26-18)15-9-11-27-13-15/h2,4-5,9,11-13,17H,3,6-8,10H2,1H3. The Morgan fingerprint density at radius 2 is 2.30 bits per heavy atom. The number of nitrogens with zero attached hydrogens (tertiary/aromatic N) is 3. The van der Waals surface area contributed by atoms with E-state index in [0.717, 1.165) is 36.3 Å². The van der Waals surface area contributed by atoms with Crippen molar-refractivity contribution in [2.24, 2.45) is 0 Å². The Labute approximate surface area is 161 Å². The second-order valence-corrected chi connectivity index (χ2v) is 7.31. The minimum absolute atomic E-state index is 0.108. The van der Waals surface area contributed by atoms with Crippen molar-refractivity contribution in [1.82, 2.24) is 15.1 Å². The van der Waals surface area contributed by atoms with Gasteiger partial charge in [-0.2, -0.15) is 11.3 Å². The van der Waals surface area contributed by atoms with Gasteiger partial charge in [0.25, 0.3) is 0 Å². The Morgan fingerprint density at radius 3 is 3.11 bits per heavy atom. The molecule has 1 unspecified atom stereocenters. The smallest absolute Gasteiger partial charge is 0.248 e. The van der Waals surface area contributed by atoms with E-state index in [0.29, 0.717) is 24.6 Å². The summed E-state index contributed by atoms with van der Waals surface area (Å²) < 4.78 is 11.0. The molecule has 0 N–H and O–H groups in total. The van der Waals surface area contributed by atoms with Gasteiger partial charge in [-0.15, -0.1) is 10.2 Å². The number of rotatable bonds is 6. The molecule has 1 aliphatic rings. The summed E-state index contributed by atoms with van der Waals surface area (Å²) in [5, 5.41) is 12.1. The fourth-order valence-electron chi connectivity index (χ4n) is 3.48. The molecule has 1 fully saturated rings. The lowest BCUT2D eigenvalue weighted by atomic mass is 10.0. The number of aryl methyl sites for hydroxylation is 1. The van der Waals surface area contributed by atoms with Gasteiger partial charge in [-0.1, -0.05) is 12.1 Å². The maximum atomic E-state index is 12.8. The highest BCUT2D eigenvalue weighted by molar-refractivity contribution is 7.08. The molecule has 0 saturated carbocycles. The van der Waals surface area contributed by atoms with Gasteiger partial charge in [0.05, 0.1) is 13.2 Å². The third-order valence-electron chi connectivity index (χ3n) is 4.84. The molecule has 0 spiro atoms. The number of thiophene rings is 1. The number of amides is 1. The number of hydrogen-bond donors (Lipinski definition) is 0. The van der Waals surface area contributed by atoms with Crippen molar-refractivity contribution in [2.75, 3.05) is 13.7 Å². The highest BCUT2D eigenvalue weighted by Gasteiger charge is 2.30. The summed E-state index contributed by atoms with van der Waals surface area (Å²) in [5.74, 6) is 1.95. The van der Waals surface area contributed by atoms with E-state index < -0.39 is 0 Å². The zero-order valence-electron chi connectivity index (χ0n) is 15.1. The van der Waals surface area contributed by atoms with Crippen molar-refractivity contribution in [2.45, 2.75) is 31.7 Å². The van der Waals surface area contributed by atoms with Crippen LogP contribution in [0.5, 0.6) is 5.75 Å². The molecule has 4 rings (SSSR count). The molecule has 140 valence electrons. The first-order valence-corrected chi connectivity index (χ1v) is 9.97. The van der Waals surface area contributed by atoms with Crippen molar-refractivity contribution < 1.29 is 13.9 Å². The molecular weight excluding hydrogens is 362 g/mol. The van der Waals surface area contributed by atoms with Crippen LogP contribution in [-0.2, 0) is 11.2 Å². The van der Waals surface area contributed by atoms with Crippen LogP contribution in [0.1, 0.15) is 36.8 Å². The highest BCUT2D eigenvalue weighted by Crippen LogP contribution is 2.34. The van der Waals surface area contributed by atoms with Crippen LogP contribution >= 0.6 is 11.3 Å². The summed E-state index contributed by atoms with van der Waals surface area (Å²) in [6.07, 6.45) is 2.81. The molecule has 0 bridgehead atoms. The van der Waals surface area contributed by atoms with Gasteiger partial charge in [0.15, 0.2) is 0 Å². The molecule has 27 heavy (non-hydrogen) atoms. The van der Waals surface area contributed by atoms with Gasteiger partial charge in [0.2, 0.25) is 17.7 Å². The van der Waals surface area contributed by atoms with Crippen LogP contribution in [0.15, 0.2) is 45.5 Å². The Kier molecular flexibility index (Phi) is 5.20. The minimum Gasteiger partial charge on any atom is -0.497 e. The fraction of sp³-hybridized carbons (Fsp3) is 0.350. The van der Waals surface area contributed by atoms with Crippen LogP contribution in [0.25, 0.3) is 11.5 Å². The van der Waals surface area contributed by atoms with E-state index >= 15 is 0 Å². The molecule has 1 amide bonds. The molecule has 1 aromatic carbocycles. The number of carbonyl (C=O) groups excluding carboxylic acids is 1. The SMILES string of the molecule is COc1cccc(C2CCCN2C(=O)CCc2nnc(-c3ccsc3)o2)c1. The van der Waals surface area contributed by atoms with Crippen LogP contribution in [0, 0.1) is 0 Å². The third-order valence-corrected chi connectivity index (χ3v) is 5.52. The van der Waals surface area contributed by atoms with E-state index in [1.54, 1.807) is 18.4 Å². The lowest BCUT2D eigenvalue weighted by Gasteiger charge is -2.25. The Morgan fingerprint density at radius 1 is 1.37 bits per heavy atom. The highest BCUT2D eigenvalue weighted by atomic mass is 32.1. The predicted molar refractivity (Wildman–Crippen MR) is 103 cm³/mol. The van der Waals surface area contributed by atoms with Crippen molar-refractivity contribution in [1.29, 1.82) is 0 Å². The quantitative estimate of drug-likeness (QED) is 0.641. The normalized spacial score (nSPS) is 16.6. The Bertz CT molecular complexity index is 907. The third kappa shape index (κ3) is 3.88. The Balaban J connectivity index is 1.40. The van der Waals surface area contributed by atoms with Gasteiger partial charge in [-0.25, -0.2) is 0 Å². The van der Waals surface area contributed by atoms with Gasteiger partial charge >= 0.3 is 0 Å². The van der Waals surface area contributed by atoms with Gasteiger partial charge in [-0.3, -0.25) is 4.79 Å². The van der Waals surface area contributed by atoms with Crippen LogP contribution < -0.4 is 4.74 Å². The summed E-state index contributed by atoms with van der Waals surface area (Å²) >= 11 is 1.58. The molecule has 0 radical (unpaired) electrons. The average molecular weight is 383 g/mol. The van der Waals surface area contributed by atoms with Gasteiger partial charge in [0, 0.05) is 30.3 Å². The first-order valence-electron chi connectivity index (χ1n) is 9.03. The molecule has 6 nitrogen and oxygen atoms in total. The topological polar surface area (TPSA) is 68.5 Å². The number of ether oxygens (including phenoxy) is 1. The fourth-order valence-corrected chi connectivity index (χ4v) is 4.11. The van der Waals surface area contributed by atoms with Crippen molar-refractivity contribution >= 4 is 17.2 Å². The molecule has 0 aliphatic carbocycles. The summed E-state index contributed by atoms with van der Waals surface area (Å²) in [7, 11) is 1.66. The maximum absolute atomic E-state index is 12.8. The summed E-state index contributed by atoms with van der Waals surface area (Å²) in [5.41, 5.74) is 2.04. The van der Waals surface area contributed by atoms with Crippen molar-refractivity contribution in [3.8, 4) is 17.2 Å². The summed E-state index contributed by atoms with van der Waals surface area (Å²) in [6, 6.07) is 10.0. The summed E-state index contributed by atoms with van der Waals surface area (Å²) in [4.78, 5) is 14.8. The zero-order chi connectivity index (χ0) is 18.6. The zero-order valence-corrected chi connectivity index (χ0v) is 15.9. The van der Waals surface area contributed by atoms with Crippen LogP contribution in [0.2, 0.25) is 0 Å². The average Bonchev–Trinajstić information content (AvgIpc) is 3.47. The minimum atomic E-state index is 0.108. The van der Waals surface area contributed by atoms with E-state index in [-0.39, 0.29) is 11.9 Å². The van der Waals surface area contributed by atoms with Crippen LogP contribution in [-0.4, -0.2) is 34.7 Å². The second-order valence-electron chi connectivity index (χ2n) is 6.53. The largest absolute Gasteiger partial charge is 0.497 e. The second kappa shape index (κ2) is 7.92. The summed E-state index contributed by atoms with van der Waals surface area (Å²) in [6.45, 7) is 0.782. The van der Waals surface area contributed by atoms with Gasteiger partial charge < -0.3 is 14.1 Å². The van der Waals surface area contributed by atoms with E-state index in [9.17, 15) is 4.79 Å². The molecule has 1 saturated heterocycles. The lowest BCUT2D eigenvalue weighted by molar-refractivity contribution is -0.132. The number of likely N-dealkylation sites (tertiary alicyclic amines) is 1. The van der Waals surface area contributed by atoms with E-state index in [1.807, 2.05) is 39.9 Å². The first-order chi connectivity index (χ1) is 13.2. The molecule has 2 aromatic heterocycles. The monoisotopic (exact) mass is 383 g/mol. The molecule has 3 heterocycles. The number of hydrogen-bond acceptors (Lipinski definition) is 6. The maximum Gasteiger partial charge on any atom is 0.248 e. The molecular formula is C20H21N3O3S. The van der Waals surface area contributed by atoms with Gasteiger partial charge in [-0.05, 0) is 42.0 Å². The molecule has 1 aliphatic heterocycles. The number of methoxy groups -OCH3 is 1. The number of aromatic nitrogens is 2. The Hall–Kier alpha value is -2.67. The van der Waals surface area contributed by atoms with Crippen molar-refractivity contribution in [3.05, 3.63) is 52.5 Å². The number of carbonyl (C=O) groups is 1. The van der Waals surface area contributed by atoms with Crippen LogP contribution in [0.4, 0.5) is 0 Å². The van der Waals surface area contributed by atoms with Gasteiger partial charge in [0.1, 0.15) is 5.75 Å². The van der Waals surface area contributed by atoms with E-state index in [2.05, 4.69) is 16.3 Å². The van der Waals surface area contributed by atoms with E-state index in [4.69, 9.17) is 9.15 Å². The van der Waals surface area contributed by atoms with Crippen LogP contribution in [0.3, 0.4) is 0 Å². The predicted octanol–water partition coefficient (Wildman–Crippen LogP) is 4.10.